The highest BCUT2D eigenvalue weighted by Gasteiger charge is 2.16. The van der Waals surface area contributed by atoms with Crippen molar-refractivity contribution in [1.29, 1.82) is 0 Å². The van der Waals surface area contributed by atoms with E-state index in [1.807, 2.05) is 36.1 Å². The minimum absolute atomic E-state index is 0.0113. The van der Waals surface area contributed by atoms with E-state index in [0.29, 0.717) is 31.8 Å². The zero-order valence-corrected chi connectivity index (χ0v) is 16.5. The number of aromatic nitrogens is 4. The van der Waals surface area contributed by atoms with Gasteiger partial charge < -0.3 is 9.64 Å². The highest BCUT2D eigenvalue weighted by Crippen LogP contribution is 2.13. The number of carbonyl (C=O) groups is 1. The number of methoxy groups -OCH3 is 1. The molecule has 0 unspecified atom stereocenters. The van der Waals surface area contributed by atoms with E-state index < -0.39 is 0 Å². The van der Waals surface area contributed by atoms with Crippen LogP contribution in [0.3, 0.4) is 0 Å². The van der Waals surface area contributed by atoms with Crippen molar-refractivity contribution in [3.8, 4) is 0 Å². The maximum atomic E-state index is 13.0. The van der Waals surface area contributed by atoms with Crippen LogP contribution in [0, 0.1) is 13.8 Å². The van der Waals surface area contributed by atoms with Crippen LogP contribution in [-0.4, -0.2) is 51.3 Å². The lowest BCUT2D eigenvalue weighted by Crippen LogP contribution is -2.33. The van der Waals surface area contributed by atoms with E-state index in [9.17, 15) is 4.79 Å². The van der Waals surface area contributed by atoms with Crippen LogP contribution in [0.1, 0.15) is 32.9 Å². The van der Waals surface area contributed by atoms with Crippen LogP contribution >= 0.6 is 0 Å². The molecule has 7 heteroatoms. The fourth-order valence-electron chi connectivity index (χ4n) is 2.87. The molecular weight excluding hydrogens is 354 g/mol. The summed E-state index contributed by atoms with van der Waals surface area (Å²) >= 11 is 0. The van der Waals surface area contributed by atoms with Gasteiger partial charge in [-0.1, -0.05) is 42.0 Å². The largest absolute Gasteiger partial charge is 0.383 e. The average Bonchev–Trinajstić information content (AvgIpc) is 3.11. The molecule has 0 saturated carbocycles. The van der Waals surface area contributed by atoms with Gasteiger partial charge in [-0.15, -0.1) is 5.10 Å². The Kier molecular flexibility index (Phi) is 6.49. The van der Waals surface area contributed by atoms with Crippen LogP contribution in [0.5, 0.6) is 0 Å². The zero-order valence-electron chi connectivity index (χ0n) is 16.5. The third-order valence-electron chi connectivity index (χ3n) is 4.59. The molecule has 3 rings (SSSR count). The number of carbonyl (C=O) groups excluding carboxylic acids is 1. The first-order valence-electron chi connectivity index (χ1n) is 9.22. The molecule has 0 aliphatic carbocycles. The molecular formula is C21H25N5O2. The lowest BCUT2D eigenvalue weighted by molar-refractivity contribution is 0.0680. The van der Waals surface area contributed by atoms with Crippen molar-refractivity contribution in [3.63, 3.8) is 0 Å². The van der Waals surface area contributed by atoms with Gasteiger partial charge in [0.05, 0.1) is 13.2 Å². The van der Waals surface area contributed by atoms with Gasteiger partial charge in [0.2, 0.25) is 0 Å². The predicted octanol–water partition coefficient (Wildman–Crippen LogP) is 2.63. The normalized spacial score (nSPS) is 10.8. The van der Waals surface area contributed by atoms with Crippen molar-refractivity contribution < 1.29 is 9.53 Å². The van der Waals surface area contributed by atoms with E-state index in [0.717, 1.165) is 17.0 Å². The summed E-state index contributed by atoms with van der Waals surface area (Å²) in [7, 11) is 1.64. The van der Waals surface area contributed by atoms with E-state index in [-0.39, 0.29) is 5.91 Å². The van der Waals surface area contributed by atoms with Crippen LogP contribution in [0.4, 0.5) is 0 Å². The number of amides is 1. The molecule has 0 N–H and O–H groups in total. The smallest absolute Gasteiger partial charge is 0.254 e. The first-order chi connectivity index (χ1) is 13.6. The Balaban J connectivity index is 1.72. The molecule has 0 spiro atoms. The maximum Gasteiger partial charge on any atom is 0.254 e. The molecule has 1 aromatic heterocycles. The van der Waals surface area contributed by atoms with Gasteiger partial charge in [0.25, 0.3) is 5.91 Å². The number of hydrogen-bond donors (Lipinski definition) is 0. The predicted molar refractivity (Wildman–Crippen MR) is 106 cm³/mol. The topological polar surface area (TPSA) is 73.1 Å². The summed E-state index contributed by atoms with van der Waals surface area (Å²) in [6.45, 7) is 6.06. The Morgan fingerprint density at radius 2 is 1.71 bits per heavy atom. The molecule has 3 aromatic rings. The highest BCUT2D eigenvalue weighted by molar-refractivity contribution is 5.94. The molecule has 2 aromatic carbocycles. The van der Waals surface area contributed by atoms with Gasteiger partial charge >= 0.3 is 0 Å². The lowest BCUT2D eigenvalue weighted by atomic mass is 10.1. The number of rotatable bonds is 8. The molecule has 1 amide bonds. The minimum Gasteiger partial charge on any atom is -0.383 e. The van der Waals surface area contributed by atoms with Gasteiger partial charge in [0, 0.05) is 25.8 Å². The number of hydrogen-bond acceptors (Lipinski definition) is 5. The molecule has 1 heterocycles. The summed E-state index contributed by atoms with van der Waals surface area (Å²) in [6.07, 6.45) is 0. The number of aryl methyl sites for hydroxylation is 2. The van der Waals surface area contributed by atoms with Crippen LogP contribution in [0.25, 0.3) is 0 Å². The van der Waals surface area contributed by atoms with Gasteiger partial charge in [-0.3, -0.25) is 4.79 Å². The minimum atomic E-state index is -0.0113. The Morgan fingerprint density at radius 3 is 2.32 bits per heavy atom. The van der Waals surface area contributed by atoms with Crippen molar-refractivity contribution in [2.45, 2.75) is 26.9 Å². The molecule has 0 bridgehead atoms. The summed E-state index contributed by atoms with van der Waals surface area (Å²) in [5.74, 6) is 0.742. The van der Waals surface area contributed by atoms with Crippen molar-refractivity contribution in [1.82, 2.24) is 25.1 Å². The Labute approximate surface area is 164 Å². The van der Waals surface area contributed by atoms with E-state index >= 15 is 0 Å². The summed E-state index contributed by atoms with van der Waals surface area (Å²) in [5.41, 5.74) is 3.99. The Hall–Kier alpha value is -3.06. The molecule has 0 aliphatic heterocycles. The van der Waals surface area contributed by atoms with E-state index in [1.165, 1.54) is 5.56 Å². The third kappa shape index (κ3) is 5.01. The molecule has 0 fully saturated rings. The van der Waals surface area contributed by atoms with Crippen molar-refractivity contribution in [3.05, 3.63) is 76.6 Å². The molecule has 0 radical (unpaired) electrons. The SMILES string of the molecule is COCCN(Cc1ccc(C)cc1)C(=O)c1ccc(Cn2nnnc2C)cc1. The fraction of sp³-hybridized carbons (Fsp3) is 0.333. The molecule has 0 aliphatic rings. The quantitative estimate of drug-likeness (QED) is 0.602. The van der Waals surface area contributed by atoms with Crippen LogP contribution in [-0.2, 0) is 17.8 Å². The second-order valence-corrected chi connectivity index (χ2v) is 6.79. The van der Waals surface area contributed by atoms with Crippen LogP contribution < -0.4 is 0 Å². The van der Waals surface area contributed by atoms with Gasteiger partial charge in [0.15, 0.2) is 0 Å². The van der Waals surface area contributed by atoms with Crippen molar-refractivity contribution in [2.75, 3.05) is 20.3 Å². The molecule has 7 nitrogen and oxygen atoms in total. The zero-order chi connectivity index (χ0) is 19.9. The summed E-state index contributed by atoms with van der Waals surface area (Å²) in [6, 6.07) is 15.8. The Bertz CT molecular complexity index is 903. The molecule has 28 heavy (non-hydrogen) atoms. The molecule has 0 atom stereocenters. The summed E-state index contributed by atoms with van der Waals surface area (Å²) < 4.78 is 6.91. The summed E-state index contributed by atoms with van der Waals surface area (Å²) in [5, 5.41) is 11.5. The van der Waals surface area contributed by atoms with Gasteiger partial charge in [-0.05, 0) is 47.5 Å². The van der Waals surface area contributed by atoms with E-state index in [2.05, 4.69) is 46.7 Å². The van der Waals surface area contributed by atoms with Crippen molar-refractivity contribution in [2.24, 2.45) is 0 Å². The van der Waals surface area contributed by atoms with E-state index in [4.69, 9.17) is 4.74 Å². The molecule has 146 valence electrons. The number of ether oxygens (including phenoxy) is 1. The lowest BCUT2D eigenvalue weighted by Gasteiger charge is -2.23. The Morgan fingerprint density at radius 1 is 1.04 bits per heavy atom. The maximum absolute atomic E-state index is 13.0. The number of benzene rings is 2. The second kappa shape index (κ2) is 9.23. The van der Waals surface area contributed by atoms with Crippen LogP contribution in [0.2, 0.25) is 0 Å². The van der Waals surface area contributed by atoms with Gasteiger partial charge in [-0.2, -0.15) is 0 Å². The standard InChI is InChI=1S/C21H25N5O2/c1-16-4-6-18(7-5-16)14-25(12-13-28-3)21(27)20-10-8-19(9-11-20)15-26-17(2)22-23-24-26/h4-11H,12-15H2,1-3H3. The molecule has 0 saturated heterocycles. The highest BCUT2D eigenvalue weighted by atomic mass is 16.5. The number of nitrogens with zero attached hydrogens (tertiary/aromatic N) is 5. The van der Waals surface area contributed by atoms with Crippen molar-refractivity contribution >= 4 is 5.91 Å². The second-order valence-electron chi connectivity index (χ2n) is 6.79. The first kappa shape index (κ1) is 19.7. The number of tetrazole rings is 1. The van der Waals surface area contributed by atoms with Gasteiger partial charge in [-0.25, -0.2) is 4.68 Å². The fourth-order valence-corrected chi connectivity index (χ4v) is 2.87. The summed E-state index contributed by atoms with van der Waals surface area (Å²) in [4.78, 5) is 14.9. The van der Waals surface area contributed by atoms with Gasteiger partial charge in [0.1, 0.15) is 5.82 Å². The third-order valence-corrected chi connectivity index (χ3v) is 4.59. The average molecular weight is 379 g/mol. The monoisotopic (exact) mass is 379 g/mol. The van der Waals surface area contributed by atoms with Crippen LogP contribution in [0.15, 0.2) is 48.5 Å². The first-order valence-corrected chi connectivity index (χ1v) is 9.22. The van der Waals surface area contributed by atoms with E-state index in [1.54, 1.807) is 11.8 Å².